The molecule has 0 aromatic rings. The quantitative estimate of drug-likeness (QED) is 0.279. The third kappa shape index (κ3) is 9.86. The first-order valence-electron chi connectivity index (χ1n) is 4.89. The van der Waals surface area contributed by atoms with Gasteiger partial charge in [0.15, 0.2) is 0 Å². The SMILES string of the molecule is OCC(O)COCC#CCOCC(O)CO. The number of rotatable bonds is 8. The Kier molecular flexibility index (Phi) is 10.4. The number of ether oxygens (including phenoxy) is 2. The van der Waals surface area contributed by atoms with Crippen molar-refractivity contribution in [3.8, 4) is 11.8 Å². The van der Waals surface area contributed by atoms with Crippen LogP contribution >= 0.6 is 0 Å². The van der Waals surface area contributed by atoms with Crippen LogP contribution in [0.3, 0.4) is 0 Å². The second-order valence-electron chi connectivity index (χ2n) is 3.06. The van der Waals surface area contributed by atoms with Crippen molar-refractivity contribution in [2.45, 2.75) is 12.2 Å². The summed E-state index contributed by atoms with van der Waals surface area (Å²) in [5, 5.41) is 34.7. The predicted molar refractivity (Wildman–Crippen MR) is 55.6 cm³/mol. The van der Waals surface area contributed by atoms with Gasteiger partial charge in [0.2, 0.25) is 0 Å². The van der Waals surface area contributed by atoms with E-state index in [1.807, 2.05) is 0 Å². The molecule has 0 saturated heterocycles. The molecule has 0 heterocycles. The van der Waals surface area contributed by atoms with Crippen LogP contribution in [0.15, 0.2) is 0 Å². The van der Waals surface area contributed by atoms with Crippen LogP contribution in [0.5, 0.6) is 0 Å². The third-order valence-corrected chi connectivity index (χ3v) is 1.52. The molecule has 6 nitrogen and oxygen atoms in total. The van der Waals surface area contributed by atoms with E-state index < -0.39 is 12.2 Å². The van der Waals surface area contributed by atoms with E-state index in [4.69, 9.17) is 29.9 Å². The van der Waals surface area contributed by atoms with Gasteiger partial charge in [0.1, 0.15) is 25.4 Å². The van der Waals surface area contributed by atoms with E-state index in [1.54, 1.807) is 0 Å². The predicted octanol–water partition coefficient (Wildman–Crippen LogP) is -2.27. The van der Waals surface area contributed by atoms with Gasteiger partial charge in [-0.3, -0.25) is 0 Å². The Balaban J connectivity index is 3.28. The lowest BCUT2D eigenvalue weighted by molar-refractivity contribution is 0.0148. The highest BCUT2D eigenvalue weighted by Crippen LogP contribution is 1.84. The van der Waals surface area contributed by atoms with Crippen LogP contribution in [0.4, 0.5) is 0 Å². The third-order valence-electron chi connectivity index (χ3n) is 1.52. The van der Waals surface area contributed by atoms with E-state index in [9.17, 15) is 0 Å². The maximum absolute atomic E-state index is 8.89. The van der Waals surface area contributed by atoms with Gasteiger partial charge in [-0.15, -0.1) is 0 Å². The summed E-state index contributed by atoms with van der Waals surface area (Å²) in [6.07, 6.45) is -1.75. The average molecular weight is 234 g/mol. The Morgan fingerprint density at radius 2 is 1.19 bits per heavy atom. The maximum Gasteiger partial charge on any atom is 0.107 e. The summed E-state index contributed by atoms with van der Waals surface area (Å²) >= 11 is 0. The van der Waals surface area contributed by atoms with Gasteiger partial charge in [-0.2, -0.15) is 0 Å². The molecule has 0 aliphatic carbocycles. The highest BCUT2D eigenvalue weighted by atomic mass is 16.5. The standard InChI is InChI=1S/C10H18O6/c11-5-9(13)7-15-3-1-2-4-16-8-10(14)6-12/h9-14H,3-8H2. The molecule has 0 aromatic heterocycles. The molecule has 0 aliphatic rings. The molecule has 2 unspecified atom stereocenters. The van der Waals surface area contributed by atoms with Crippen molar-refractivity contribution in [1.29, 1.82) is 0 Å². The Hall–Kier alpha value is -0.680. The topological polar surface area (TPSA) is 99.4 Å². The van der Waals surface area contributed by atoms with Gasteiger partial charge in [-0.1, -0.05) is 11.8 Å². The van der Waals surface area contributed by atoms with E-state index in [-0.39, 0.29) is 39.6 Å². The fourth-order valence-electron chi connectivity index (χ4n) is 0.699. The van der Waals surface area contributed by atoms with E-state index >= 15 is 0 Å². The molecular formula is C10H18O6. The first kappa shape index (κ1) is 15.3. The van der Waals surface area contributed by atoms with E-state index in [1.165, 1.54) is 0 Å². The molecule has 6 heteroatoms. The molecule has 0 amide bonds. The van der Waals surface area contributed by atoms with Crippen LogP contribution in [0.1, 0.15) is 0 Å². The highest BCUT2D eigenvalue weighted by molar-refractivity contribution is 4.99. The Labute approximate surface area is 94.4 Å². The second kappa shape index (κ2) is 10.8. The Bertz CT molecular complexity index is 189. The van der Waals surface area contributed by atoms with E-state index in [2.05, 4.69) is 11.8 Å². The van der Waals surface area contributed by atoms with E-state index in [0.717, 1.165) is 0 Å². The molecule has 4 N–H and O–H groups in total. The summed E-state index contributed by atoms with van der Waals surface area (Å²) in [5.41, 5.74) is 0. The summed E-state index contributed by atoms with van der Waals surface area (Å²) in [4.78, 5) is 0. The van der Waals surface area contributed by atoms with Gasteiger partial charge in [0.25, 0.3) is 0 Å². The Morgan fingerprint density at radius 1 is 0.812 bits per heavy atom. The van der Waals surface area contributed by atoms with Crippen LogP contribution in [0.25, 0.3) is 0 Å². The summed E-state index contributed by atoms with van der Waals surface area (Å²) in [5.74, 6) is 5.24. The molecule has 0 rings (SSSR count). The summed E-state index contributed by atoms with van der Waals surface area (Å²) in [6.45, 7) is -0.318. The Morgan fingerprint density at radius 3 is 1.50 bits per heavy atom. The van der Waals surface area contributed by atoms with Crippen molar-refractivity contribution in [3.63, 3.8) is 0 Å². The number of hydrogen-bond acceptors (Lipinski definition) is 6. The average Bonchev–Trinajstić information content (AvgIpc) is 2.31. The smallest absolute Gasteiger partial charge is 0.107 e. The molecule has 16 heavy (non-hydrogen) atoms. The highest BCUT2D eigenvalue weighted by Gasteiger charge is 2.00. The fourth-order valence-corrected chi connectivity index (χ4v) is 0.699. The van der Waals surface area contributed by atoms with Crippen LogP contribution in [-0.2, 0) is 9.47 Å². The van der Waals surface area contributed by atoms with Crippen molar-refractivity contribution in [1.82, 2.24) is 0 Å². The molecular weight excluding hydrogens is 216 g/mol. The summed E-state index contributed by atoms with van der Waals surface area (Å²) < 4.78 is 9.81. The van der Waals surface area contributed by atoms with Gasteiger partial charge in [0.05, 0.1) is 26.4 Å². The van der Waals surface area contributed by atoms with Crippen molar-refractivity contribution >= 4 is 0 Å². The summed E-state index contributed by atoms with van der Waals surface area (Å²) in [6, 6.07) is 0. The first-order chi connectivity index (χ1) is 7.70. The normalized spacial score (nSPS) is 14.0. The number of hydrogen-bond donors (Lipinski definition) is 4. The largest absolute Gasteiger partial charge is 0.394 e. The molecule has 94 valence electrons. The molecule has 0 fully saturated rings. The lowest BCUT2D eigenvalue weighted by Crippen LogP contribution is -2.19. The van der Waals surface area contributed by atoms with Gasteiger partial charge >= 0.3 is 0 Å². The van der Waals surface area contributed by atoms with Crippen molar-refractivity contribution in [3.05, 3.63) is 0 Å². The maximum atomic E-state index is 8.89. The first-order valence-corrected chi connectivity index (χ1v) is 4.89. The van der Waals surface area contributed by atoms with Crippen LogP contribution in [0.2, 0.25) is 0 Å². The minimum Gasteiger partial charge on any atom is -0.394 e. The monoisotopic (exact) mass is 234 g/mol. The molecule has 2 atom stereocenters. The van der Waals surface area contributed by atoms with Crippen molar-refractivity contribution < 1.29 is 29.9 Å². The van der Waals surface area contributed by atoms with Crippen LogP contribution < -0.4 is 0 Å². The molecule has 0 radical (unpaired) electrons. The van der Waals surface area contributed by atoms with Gasteiger partial charge in [0, 0.05) is 0 Å². The molecule has 0 aliphatic heterocycles. The minimum absolute atomic E-state index is 0.0370. The van der Waals surface area contributed by atoms with Gasteiger partial charge < -0.3 is 29.9 Å². The minimum atomic E-state index is -0.877. The zero-order valence-corrected chi connectivity index (χ0v) is 9.00. The fraction of sp³-hybridized carbons (Fsp3) is 0.800. The van der Waals surface area contributed by atoms with Crippen molar-refractivity contribution in [2.75, 3.05) is 39.6 Å². The zero-order chi connectivity index (χ0) is 12.2. The van der Waals surface area contributed by atoms with Crippen LogP contribution in [-0.4, -0.2) is 72.3 Å². The van der Waals surface area contributed by atoms with Gasteiger partial charge in [-0.05, 0) is 0 Å². The second-order valence-corrected chi connectivity index (χ2v) is 3.06. The molecule has 0 bridgehead atoms. The number of aliphatic hydroxyl groups is 4. The molecule has 0 spiro atoms. The molecule has 0 aromatic carbocycles. The molecule has 0 saturated carbocycles. The lowest BCUT2D eigenvalue weighted by Gasteiger charge is -2.05. The van der Waals surface area contributed by atoms with Gasteiger partial charge in [-0.25, -0.2) is 0 Å². The lowest BCUT2D eigenvalue weighted by atomic mass is 10.4. The van der Waals surface area contributed by atoms with Crippen LogP contribution in [0, 0.1) is 11.8 Å². The van der Waals surface area contributed by atoms with E-state index in [0.29, 0.717) is 0 Å². The van der Waals surface area contributed by atoms with Crippen molar-refractivity contribution in [2.24, 2.45) is 0 Å². The number of aliphatic hydroxyl groups excluding tert-OH is 4. The zero-order valence-electron chi connectivity index (χ0n) is 9.00. The summed E-state index contributed by atoms with van der Waals surface area (Å²) in [7, 11) is 0.